The molecule has 0 heterocycles. The van der Waals surface area contributed by atoms with Crippen molar-refractivity contribution in [3.63, 3.8) is 0 Å². The Kier molecular flexibility index (Phi) is 6.69. The smallest absolute Gasteiger partial charge is 0.0415 e. The van der Waals surface area contributed by atoms with E-state index >= 15 is 0 Å². The SMILES string of the molecule is CC(C)(C)c1ccc2c(c1)=C=C=C=C=c1cc(C(C)(C)C)ccc1=C=C=C=C=C1C=CC1=C=C=C=C=2. The molecule has 0 bridgehead atoms. The van der Waals surface area contributed by atoms with Crippen molar-refractivity contribution in [1.82, 2.24) is 0 Å². The molecule has 36 heavy (non-hydrogen) atoms. The van der Waals surface area contributed by atoms with Crippen molar-refractivity contribution in [2.45, 2.75) is 52.4 Å². The van der Waals surface area contributed by atoms with Crippen molar-refractivity contribution < 1.29 is 0 Å². The zero-order valence-corrected chi connectivity index (χ0v) is 21.6. The molecule has 2 aromatic carbocycles. The van der Waals surface area contributed by atoms with Gasteiger partial charge in [0.15, 0.2) is 0 Å². The Labute approximate surface area is 212 Å². The number of hydrogen-bond donors (Lipinski definition) is 0. The van der Waals surface area contributed by atoms with Gasteiger partial charge in [0.2, 0.25) is 0 Å². The Morgan fingerprint density at radius 3 is 1.08 bits per heavy atom. The van der Waals surface area contributed by atoms with Crippen LogP contribution in [0, 0.1) is 0 Å². The van der Waals surface area contributed by atoms with E-state index in [0.29, 0.717) is 0 Å². The van der Waals surface area contributed by atoms with Crippen LogP contribution in [0.3, 0.4) is 0 Å². The van der Waals surface area contributed by atoms with Crippen LogP contribution in [-0.4, -0.2) is 0 Å². The van der Waals surface area contributed by atoms with Gasteiger partial charge in [-0.3, -0.25) is 0 Å². The maximum absolute atomic E-state index is 3.23. The van der Waals surface area contributed by atoms with Crippen LogP contribution in [0.2, 0.25) is 0 Å². The maximum atomic E-state index is 3.23. The fourth-order valence-corrected chi connectivity index (χ4v) is 3.51. The molecule has 0 saturated heterocycles. The molecule has 170 valence electrons. The summed E-state index contributed by atoms with van der Waals surface area (Å²) in [6, 6.07) is 12.5. The summed E-state index contributed by atoms with van der Waals surface area (Å²) in [5.41, 5.74) is 41.0. The highest BCUT2D eigenvalue weighted by molar-refractivity contribution is 5.56. The number of allylic oxidation sites excluding steroid dienone is 4. The van der Waals surface area contributed by atoms with Gasteiger partial charge in [-0.25, -0.2) is 0 Å². The van der Waals surface area contributed by atoms with E-state index in [-0.39, 0.29) is 10.8 Å². The van der Waals surface area contributed by atoms with Gasteiger partial charge in [0.05, 0.1) is 0 Å². The van der Waals surface area contributed by atoms with Crippen molar-refractivity contribution in [3.05, 3.63) is 138 Å². The summed E-state index contributed by atoms with van der Waals surface area (Å²) >= 11 is 0. The van der Waals surface area contributed by atoms with Gasteiger partial charge in [0.25, 0.3) is 0 Å². The Bertz CT molecular complexity index is 1850. The van der Waals surface area contributed by atoms with E-state index < -0.39 is 0 Å². The minimum absolute atomic E-state index is 0.00304. The highest BCUT2D eigenvalue weighted by Gasteiger charge is 2.13. The van der Waals surface area contributed by atoms with Gasteiger partial charge in [-0.15, -0.1) is 0 Å². The monoisotopic (exact) mass is 458 g/mol. The third-order valence-electron chi connectivity index (χ3n) is 5.85. The minimum atomic E-state index is 0.00304. The van der Waals surface area contributed by atoms with Crippen molar-refractivity contribution in [2.75, 3.05) is 0 Å². The van der Waals surface area contributed by atoms with Gasteiger partial charge in [0, 0.05) is 32.0 Å². The first-order chi connectivity index (χ1) is 17.1. The van der Waals surface area contributed by atoms with Crippen LogP contribution in [0.15, 0.2) is 106 Å². The number of benzene rings is 2. The largest absolute Gasteiger partial charge is 0.0572 e. The zero-order chi connectivity index (χ0) is 25.8. The molecule has 0 N–H and O–H groups in total. The predicted octanol–water partition coefficient (Wildman–Crippen LogP) is 4.73. The second-order valence-electron chi connectivity index (χ2n) is 10.7. The van der Waals surface area contributed by atoms with E-state index in [4.69, 9.17) is 0 Å². The van der Waals surface area contributed by atoms with Crippen LogP contribution >= 0.6 is 0 Å². The summed E-state index contributed by atoms with van der Waals surface area (Å²) in [7, 11) is 0. The van der Waals surface area contributed by atoms with Crippen molar-refractivity contribution >= 4 is 22.9 Å². The fraction of sp³-hybridized carbons (Fsp3) is 0.222. The van der Waals surface area contributed by atoms with Crippen molar-refractivity contribution in [3.8, 4) is 0 Å². The molecular formula is C36H26. The molecule has 0 aliphatic heterocycles. The zero-order valence-electron chi connectivity index (χ0n) is 21.6. The molecule has 0 nitrogen and oxygen atoms in total. The van der Waals surface area contributed by atoms with Crippen LogP contribution < -0.4 is 20.9 Å². The summed E-state index contributed by atoms with van der Waals surface area (Å²) in [6.45, 7) is 13.1. The van der Waals surface area contributed by atoms with Crippen LogP contribution in [-0.2, 0) is 10.8 Å². The summed E-state index contributed by atoms with van der Waals surface area (Å²) in [6.07, 6.45) is 3.89. The van der Waals surface area contributed by atoms with Crippen molar-refractivity contribution in [1.29, 1.82) is 0 Å². The summed E-state index contributed by atoms with van der Waals surface area (Å²) < 4.78 is 0. The number of fused-ring (bicyclic) bond motifs is 3. The minimum Gasteiger partial charge on any atom is -0.0572 e. The molecule has 0 unspecified atom stereocenters. The first kappa shape index (κ1) is 24.4. The Morgan fingerprint density at radius 1 is 0.417 bits per heavy atom. The lowest BCUT2D eigenvalue weighted by atomic mass is 9.86. The number of rotatable bonds is 0. The topological polar surface area (TPSA) is 0 Å². The number of hydrogen-bond acceptors (Lipinski definition) is 0. The molecule has 4 rings (SSSR count). The lowest BCUT2D eigenvalue weighted by Crippen LogP contribution is -2.25. The third kappa shape index (κ3) is 5.85. The third-order valence-corrected chi connectivity index (χ3v) is 5.85. The van der Waals surface area contributed by atoms with Gasteiger partial charge in [-0.1, -0.05) is 88.1 Å². The van der Waals surface area contributed by atoms with Crippen LogP contribution in [0.5, 0.6) is 0 Å². The lowest BCUT2D eigenvalue weighted by Gasteiger charge is -2.18. The Balaban J connectivity index is 2.29. The van der Waals surface area contributed by atoms with E-state index in [9.17, 15) is 0 Å². The first-order valence-electron chi connectivity index (χ1n) is 11.9. The van der Waals surface area contributed by atoms with Crippen LogP contribution in [0.25, 0.3) is 22.9 Å². The second kappa shape index (κ2) is 9.87. The molecule has 2 aliphatic rings. The fourth-order valence-electron chi connectivity index (χ4n) is 3.51. The van der Waals surface area contributed by atoms with E-state index in [1.54, 1.807) is 0 Å². The molecule has 0 spiro atoms. The standard InChI is InChI=1S/C36H26/c1-35(2,3)33-23-21-29-15-9-7-13-27-19-20-28(27)14-8-10-16-30-22-24-34(36(4,5)6)26-32(30)18-12-11-17-31(29)25-33/h19-26H,1-6H3. The van der Waals surface area contributed by atoms with E-state index in [0.717, 1.165) is 32.0 Å². The molecule has 2 aliphatic carbocycles. The van der Waals surface area contributed by atoms with E-state index in [2.05, 4.69) is 135 Å². The summed E-state index contributed by atoms with van der Waals surface area (Å²) in [5, 5.41) is 3.38. The molecule has 2 aromatic rings. The normalized spacial score (nSPS) is 13.1. The average molecular weight is 459 g/mol. The maximum Gasteiger partial charge on any atom is 0.0415 e. The molecular weight excluding hydrogens is 432 g/mol. The van der Waals surface area contributed by atoms with Gasteiger partial charge in [-0.05, 0) is 92.8 Å². The summed E-state index contributed by atoms with van der Waals surface area (Å²) in [5.74, 6) is 0. The predicted molar refractivity (Wildman–Crippen MR) is 147 cm³/mol. The van der Waals surface area contributed by atoms with Crippen LogP contribution in [0.4, 0.5) is 0 Å². The van der Waals surface area contributed by atoms with Gasteiger partial charge >= 0.3 is 0 Å². The summed E-state index contributed by atoms with van der Waals surface area (Å²) in [4.78, 5) is 0. The van der Waals surface area contributed by atoms with Gasteiger partial charge in [-0.2, -0.15) is 0 Å². The van der Waals surface area contributed by atoms with E-state index in [1.165, 1.54) is 11.1 Å². The van der Waals surface area contributed by atoms with Crippen LogP contribution in [0.1, 0.15) is 52.7 Å². The first-order valence-corrected chi connectivity index (χ1v) is 11.9. The van der Waals surface area contributed by atoms with E-state index in [1.807, 2.05) is 24.3 Å². The highest BCUT2D eigenvalue weighted by Crippen LogP contribution is 2.21. The average Bonchev–Trinajstić information content (AvgIpc) is 2.80. The van der Waals surface area contributed by atoms with Gasteiger partial charge in [0.1, 0.15) is 0 Å². The molecule has 0 saturated carbocycles. The lowest BCUT2D eigenvalue weighted by molar-refractivity contribution is 0.589. The van der Waals surface area contributed by atoms with Gasteiger partial charge < -0.3 is 0 Å². The highest BCUT2D eigenvalue weighted by atomic mass is 14.2. The molecule has 0 heteroatoms. The molecule has 0 atom stereocenters. The second-order valence-corrected chi connectivity index (χ2v) is 10.7. The molecule has 0 amide bonds. The Hall–Kier alpha value is -4.72. The molecule has 0 fully saturated rings. The quantitative estimate of drug-likeness (QED) is 0.501. The molecule has 0 aromatic heterocycles. The van der Waals surface area contributed by atoms with Crippen molar-refractivity contribution in [2.24, 2.45) is 0 Å². The molecule has 0 radical (unpaired) electrons. The Morgan fingerprint density at radius 2 is 0.750 bits per heavy atom.